The molecule has 0 saturated carbocycles. The summed E-state index contributed by atoms with van der Waals surface area (Å²) >= 11 is 0. The smallest absolute Gasteiger partial charge is 0.340 e. The Morgan fingerprint density at radius 2 is 0.722 bits per heavy atom. The maximum absolute atomic E-state index is 14.4. The van der Waals surface area contributed by atoms with Crippen LogP contribution in [0.5, 0.6) is 0 Å². The van der Waals surface area contributed by atoms with Crippen molar-refractivity contribution < 1.29 is 173 Å². The molecule has 12 aromatic heterocycles. The largest absolute Gasteiger partial charge is 0.433 e. The van der Waals surface area contributed by atoms with E-state index in [1.54, 1.807) is 57.7 Å². The molecule has 0 aliphatic rings. The normalized spacial score (nSPS) is 11.5. The number of rotatable bonds is 3. The Bertz CT molecular complexity index is 8580. The van der Waals surface area contributed by atoms with Crippen LogP contribution >= 0.6 is 0 Å². The van der Waals surface area contributed by atoms with Gasteiger partial charge in [-0.3, -0.25) is 38.7 Å². The van der Waals surface area contributed by atoms with Crippen molar-refractivity contribution in [3.05, 3.63) is 387 Å². The zero-order valence-electron chi connectivity index (χ0n) is 68.9. The molecule has 12 heterocycles. The fourth-order valence-electron chi connectivity index (χ4n) is 16.9. The molecule has 0 spiro atoms. The Morgan fingerprint density at radius 1 is 0.331 bits per heavy atom. The van der Waals surface area contributed by atoms with Crippen molar-refractivity contribution in [1.29, 1.82) is 0 Å². The second-order valence-corrected chi connectivity index (χ2v) is 31.0. The van der Waals surface area contributed by atoms with Gasteiger partial charge in [0.15, 0.2) is 5.69 Å². The third-order valence-corrected chi connectivity index (χ3v) is 22.7. The summed E-state index contributed by atoms with van der Waals surface area (Å²) in [4.78, 5) is 25.2. The number of para-hydroxylation sites is 3. The Hall–Kier alpha value is -11.8. The molecule has 0 N–H and O–H groups in total. The molecule has 12 nitrogen and oxygen atoms in total. The van der Waals surface area contributed by atoms with E-state index in [4.69, 9.17) is 0 Å². The molecule has 13 aromatic carbocycles. The second-order valence-electron chi connectivity index (χ2n) is 31.0. The molecule has 0 unspecified atom stereocenters. The van der Waals surface area contributed by atoms with E-state index >= 15 is 0 Å². The van der Waals surface area contributed by atoms with Crippen molar-refractivity contribution in [2.45, 2.75) is 39.5 Å². The van der Waals surface area contributed by atoms with Crippen molar-refractivity contribution in [2.24, 2.45) is 5.41 Å². The van der Waals surface area contributed by atoms with Crippen LogP contribution < -0.4 is 0 Å². The fourth-order valence-corrected chi connectivity index (χ4v) is 16.9. The molecular formula is C103H60F12Ir6N12-6. The zero-order valence-corrected chi connectivity index (χ0v) is 83.3. The molecule has 0 saturated heterocycles. The molecule has 6 radical (unpaired) electrons. The summed E-state index contributed by atoms with van der Waals surface area (Å²) in [6, 6.07) is 89.6. The van der Waals surface area contributed by atoms with Crippen LogP contribution in [0.3, 0.4) is 0 Å². The summed E-state index contributed by atoms with van der Waals surface area (Å²) in [5, 5.41) is 15.5. The van der Waals surface area contributed by atoms with Gasteiger partial charge in [-0.15, -0.1) is 155 Å². The minimum Gasteiger partial charge on any atom is -0.340 e. The van der Waals surface area contributed by atoms with Crippen molar-refractivity contribution in [3.63, 3.8) is 0 Å². The van der Waals surface area contributed by atoms with E-state index < -0.39 is 46.9 Å². The summed E-state index contributed by atoms with van der Waals surface area (Å²) in [5.41, 5.74) is 8.65. The molecular weight excluding hydrogens is 2790 g/mol. The number of fused-ring (bicyclic) bond motifs is 36. The van der Waals surface area contributed by atoms with Gasteiger partial charge in [0.1, 0.15) is 17.5 Å². The van der Waals surface area contributed by atoms with Crippen LogP contribution in [0.4, 0.5) is 52.7 Å². The van der Waals surface area contributed by atoms with E-state index in [9.17, 15) is 52.7 Å². The van der Waals surface area contributed by atoms with Gasteiger partial charge in [-0.2, -0.15) is 30.7 Å². The molecule has 0 bridgehead atoms. The Labute approximate surface area is 828 Å². The van der Waals surface area contributed by atoms with Crippen LogP contribution in [0.2, 0.25) is 0 Å². The van der Waals surface area contributed by atoms with Crippen molar-refractivity contribution in [2.75, 3.05) is 0 Å². The first-order chi connectivity index (χ1) is 61.4. The van der Waals surface area contributed by atoms with Crippen LogP contribution in [0, 0.1) is 83.8 Å². The number of nitrogens with zero attached hydrogens (tertiary/aromatic N) is 12. The standard InChI is InChI=1S/C21H11F2N2.C20H16F3N2.C16H8F3N2.C16H11N2.2C15H7F2N2.6Ir/c22-16-9-5-10-17(23)20(16)19-12-24-21-15-8-2-1-6-13(15)14-7-3-4-11-18(14)25(19)21;1-19(2,20(21,22)23)12-13-7-8-17-16(11-13)14-5-3-4-6-15(14)18-24-9-10-25(17)18;17-16(18,19)14-9-21-13-8-4-3-6-11(13)10-5-1-2-7-12(10)15(21)20-14;1-11-6-7-15-14(10-11)12-4-2-3-5-13(12)16-17-8-9-18(15)16;16-9-1-3-11-12(7-9)13-8-10(17)2-4-14(13)19-6-5-18-15(11)19;16-9-5-6-11-12(7-9)10-3-1-2-4-13(10)19-8-14(17)18-15(11)19;;;;;;/h1-7,9-12H;3-5,7-11H,12H2,1-2H3;1-6,8-9H;2-4,6-10H,1H3;1-2,4-8H;1-5,7-8H;;;;;;/q6*-1;;;;;;. The van der Waals surface area contributed by atoms with Gasteiger partial charge in [-0.25, -0.2) is 13.2 Å². The van der Waals surface area contributed by atoms with Gasteiger partial charge in [-0.05, 0) is 112 Å². The van der Waals surface area contributed by atoms with Crippen LogP contribution in [0.1, 0.15) is 30.7 Å². The summed E-state index contributed by atoms with van der Waals surface area (Å²) < 4.78 is 172. The molecule has 133 heavy (non-hydrogen) atoms. The number of aryl methyl sites for hydroxylation is 1. The minimum atomic E-state index is -4.46. The third kappa shape index (κ3) is 17.8. The Morgan fingerprint density at radius 3 is 1.24 bits per heavy atom. The van der Waals surface area contributed by atoms with Crippen LogP contribution in [0.15, 0.2) is 298 Å². The second kappa shape index (κ2) is 39.0. The number of imidazole rings is 6. The van der Waals surface area contributed by atoms with Crippen molar-refractivity contribution in [3.8, 4) is 11.3 Å². The van der Waals surface area contributed by atoms with E-state index in [1.807, 2.05) is 161 Å². The first kappa shape index (κ1) is 97.2. The number of hydrogen-bond donors (Lipinski definition) is 0. The molecule has 0 aliphatic heterocycles. The summed E-state index contributed by atoms with van der Waals surface area (Å²) in [7, 11) is 0. The Kier molecular flexibility index (Phi) is 28.5. The summed E-state index contributed by atoms with van der Waals surface area (Å²) in [6.45, 7) is 4.60. The molecule has 676 valence electrons. The Balaban J connectivity index is 0.000000128. The first-order valence-corrected chi connectivity index (χ1v) is 39.8. The molecule has 25 rings (SSSR count). The molecule has 30 heteroatoms. The van der Waals surface area contributed by atoms with E-state index in [0.29, 0.717) is 66.0 Å². The topological polar surface area (TPSA) is 104 Å². The molecule has 0 amide bonds. The first-order valence-electron chi connectivity index (χ1n) is 39.8. The summed E-state index contributed by atoms with van der Waals surface area (Å²) in [5.74, 6) is -2.89. The number of pyridine rings is 6. The number of aromatic nitrogens is 12. The van der Waals surface area contributed by atoms with Gasteiger partial charge in [0.25, 0.3) is 0 Å². The summed E-state index contributed by atoms with van der Waals surface area (Å²) in [6.07, 6.45) is 6.00. The SMILES string of the molecule is CC(C)(Cc1ccc2c(c1)c1ccc[c-]c1c1nccn21)C(F)(F)F.Cc1ccc2c(c1)c1ccc[c-]c1c1nccn21.FC(F)(F)c1cn2c3ccccc3c3ccc[c-]c3c2n1.Fc1c[c-]c2c(c1)c1cc(F)ccc1n1ccnc21.Fc1c[c-]c2c(c1)c1ccccc1n1cc(F)nc21.Fc1cccc(F)c1-c1cnc2c3[c-]cccc3c3ccccc3n12.[Ir].[Ir].[Ir].[Ir].[Ir].[Ir]. The average molecular weight is 2850 g/mol. The maximum Gasteiger partial charge on any atom is 0.433 e. The number of benzene rings is 13. The fraction of sp³-hybridized carbons (Fsp3) is 0.0680. The maximum atomic E-state index is 14.4. The van der Waals surface area contributed by atoms with Crippen molar-refractivity contribution in [1.82, 2.24) is 56.3 Å². The predicted octanol–water partition coefficient (Wildman–Crippen LogP) is 26.6. The van der Waals surface area contributed by atoms with Gasteiger partial charge in [-0.1, -0.05) is 147 Å². The quantitative estimate of drug-likeness (QED) is 0.0992. The van der Waals surface area contributed by atoms with Gasteiger partial charge in [0, 0.05) is 215 Å². The third-order valence-electron chi connectivity index (χ3n) is 22.7. The van der Waals surface area contributed by atoms with Gasteiger partial charge >= 0.3 is 12.4 Å². The van der Waals surface area contributed by atoms with Crippen molar-refractivity contribution >= 4 is 164 Å². The number of alkyl halides is 6. The van der Waals surface area contributed by atoms with E-state index in [0.717, 1.165) is 93.4 Å². The number of halogens is 12. The van der Waals surface area contributed by atoms with E-state index in [2.05, 4.69) is 102 Å². The zero-order chi connectivity index (χ0) is 87.5. The van der Waals surface area contributed by atoms with Crippen LogP contribution in [0.25, 0.3) is 175 Å². The van der Waals surface area contributed by atoms with Gasteiger partial charge < -0.3 is 26.4 Å². The molecule has 0 aliphatic carbocycles. The van der Waals surface area contributed by atoms with Gasteiger partial charge in [0.2, 0.25) is 5.95 Å². The average Bonchev–Trinajstić information content (AvgIpc) is 1.67. The number of hydrogen-bond acceptors (Lipinski definition) is 6. The van der Waals surface area contributed by atoms with Crippen LogP contribution in [-0.2, 0) is 133 Å². The van der Waals surface area contributed by atoms with Gasteiger partial charge in [0.05, 0.1) is 56.8 Å². The molecule has 25 aromatic rings. The monoisotopic (exact) mass is 2850 g/mol. The minimum absolute atomic E-state index is 0. The van der Waals surface area contributed by atoms with Crippen LogP contribution in [-0.4, -0.2) is 62.5 Å². The molecule has 0 atom stereocenters. The van der Waals surface area contributed by atoms with E-state index in [1.165, 1.54) is 107 Å². The predicted molar refractivity (Wildman–Crippen MR) is 473 cm³/mol. The molecule has 0 fully saturated rings. The van der Waals surface area contributed by atoms with E-state index in [-0.39, 0.29) is 150 Å².